The summed E-state index contributed by atoms with van der Waals surface area (Å²) in [6.07, 6.45) is 7.03. The van der Waals surface area contributed by atoms with Crippen molar-refractivity contribution < 1.29 is 0 Å². The minimum Gasteiger partial charge on any atom is -0.311 e. The average Bonchev–Trinajstić information content (AvgIpc) is 2.84. The lowest BCUT2D eigenvalue weighted by molar-refractivity contribution is 0.125. The lowest BCUT2D eigenvalue weighted by Gasteiger charge is -2.39. The number of hydrogen-bond acceptors (Lipinski definition) is 3. The van der Waals surface area contributed by atoms with E-state index in [0.717, 1.165) is 29.4 Å². The van der Waals surface area contributed by atoms with Crippen LogP contribution in [0.5, 0.6) is 0 Å². The third kappa shape index (κ3) is 2.02. The molecule has 16 heavy (non-hydrogen) atoms. The van der Waals surface area contributed by atoms with Gasteiger partial charge in [0, 0.05) is 29.4 Å². The Morgan fingerprint density at radius 1 is 1.12 bits per heavy atom. The molecule has 4 unspecified atom stereocenters. The minimum absolute atomic E-state index is 0.829. The van der Waals surface area contributed by atoms with Crippen LogP contribution in [0, 0.1) is 0 Å². The van der Waals surface area contributed by atoms with Crippen LogP contribution >= 0.6 is 11.8 Å². The molecule has 92 valence electrons. The van der Waals surface area contributed by atoms with Gasteiger partial charge in [0.15, 0.2) is 0 Å². The smallest absolute Gasteiger partial charge is 0.0219 e. The van der Waals surface area contributed by atoms with E-state index in [9.17, 15) is 0 Å². The molecule has 0 amide bonds. The summed E-state index contributed by atoms with van der Waals surface area (Å²) in [6.45, 7) is 2.41. The number of thioether (sulfide) groups is 1. The Balaban J connectivity index is 1.64. The van der Waals surface area contributed by atoms with E-state index in [-0.39, 0.29) is 0 Å². The highest BCUT2D eigenvalue weighted by molar-refractivity contribution is 8.00. The van der Waals surface area contributed by atoms with Gasteiger partial charge in [0.05, 0.1) is 0 Å². The lowest BCUT2D eigenvalue weighted by Crippen LogP contribution is -2.51. The molecule has 3 aliphatic rings. The number of hydrogen-bond donors (Lipinski definition) is 1. The van der Waals surface area contributed by atoms with Crippen molar-refractivity contribution in [2.24, 2.45) is 0 Å². The highest BCUT2D eigenvalue weighted by Gasteiger charge is 2.38. The third-order valence-corrected chi connectivity index (χ3v) is 6.19. The molecule has 3 heteroatoms. The molecule has 0 aromatic heterocycles. The first kappa shape index (κ1) is 11.4. The fourth-order valence-corrected chi connectivity index (χ4v) is 5.19. The van der Waals surface area contributed by atoms with Crippen LogP contribution in [0.25, 0.3) is 0 Å². The molecule has 0 aromatic carbocycles. The van der Waals surface area contributed by atoms with Crippen LogP contribution in [-0.4, -0.2) is 47.1 Å². The standard InChI is InChI=1S/C13H24N2S/c1-9-13(5-6-16-9)15(2)12-7-10-3-4-11(8-12)14-10/h9-14H,3-8H2,1-2H3. The maximum Gasteiger partial charge on any atom is 0.0219 e. The van der Waals surface area contributed by atoms with Gasteiger partial charge in [-0.15, -0.1) is 0 Å². The summed E-state index contributed by atoms with van der Waals surface area (Å²) in [6, 6.07) is 3.35. The van der Waals surface area contributed by atoms with Crippen molar-refractivity contribution >= 4 is 11.8 Å². The largest absolute Gasteiger partial charge is 0.311 e. The van der Waals surface area contributed by atoms with Gasteiger partial charge in [-0.05, 0) is 44.9 Å². The summed E-state index contributed by atoms with van der Waals surface area (Å²) in [7, 11) is 2.38. The van der Waals surface area contributed by atoms with Crippen LogP contribution in [0.2, 0.25) is 0 Å². The van der Waals surface area contributed by atoms with Crippen molar-refractivity contribution in [2.75, 3.05) is 12.8 Å². The highest BCUT2D eigenvalue weighted by Crippen LogP contribution is 2.35. The second kappa shape index (κ2) is 4.51. The number of piperidine rings is 1. The first-order chi connectivity index (χ1) is 7.74. The van der Waals surface area contributed by atoms with E-state index in [1.807, 2.05) is 0 Å². The molecule has 0 radical (unpaired) electrons. The summed E-state index contributed by atoms with van der Waals surface area (Å²) in [5.41, 5.74) is 0. The quantitative estimate of drug-likeness (QED) is 0.796. The predicted octanol–water partition coefficient (Wildman–Crippen LogP) is 2.10. The second-order valence-electron chi connectivity index (χ2n) is 5.86. The zero-order valence-electron chi connectivity index (χ0n) is 10.5. The molecule has 2 bridgehead atoms. The molecule has 3 aliphatic heterocycles. The van der Waals surface area contributed by atoms with Crippen molar-refractivity contribution in [3.05, 3.63) is 0 Å². The Hall–Kier alpha value is 0.270. The molecular weight excluding hydrogens is 216 g/mol. The minimum atomic E-state index is 0.829. The number of nitrogens with zero attached hydrogens (tertiary/aromatic N) is 1. The summed E-state index contributed by atoms with van der Waals surface area (Å²) in [5.74, 6) is 1.37. The van der Waals surface area contributed by atoms with Crippen LogP contribution in [0.3, 0.4) is 0 Å². The van der Waals surface area contributed by atoms with Crippen molar-refractivity contribution in [3.8, 4) is 0 Å². The van der Waals surface area contributed by atoms with Gasteiger partial charge in [-0.3, -0.25) is 4.90 Å². The van der Waals surface area contributed by atoms with E-state index >= 15 is 0 Å². The number of rotatable bonds is 2. The van der Waals surface area contributed by atoms with E-state index in [4.69, 9.17) is 0 Å². The summed E-state index contributed by atoms with van der Waals surface area (Å²) in [4.78, 5) is 2.72. The Kier molecular flexibility index (Phi) is 3.20. The lowest BCUT2D eigenvalue weighted by atomic mass is 9.96. The molecule has 3 fully saturated rings. The van der Waals surface area contributed by atoms with Crippen molar-refractivity contribution in [2.45, 2.75) is 68.4 Å². The molecule has 3 heterocycles. The van der Waals surface area contributed by atoms with Crippen LogP contribution in [0.4, 0.5) is 0 Å². The van der Waals surface area contributed by atoms with Crippen molar-refractivity contribution in [3.63, 3.8) is 0 Å². The van der Waals surface area contributed by atoms with E-state index in [0.29, 0.717) is 0 Å². The summed E-state index contributed by atoms with van der Waals surface area (Å²) in [5, 5.41) is 4.59. The van der Waals surface area contributed by atoms with Gasteiger partial charge in [-0.25, -0.2) is 0 Å². The van der Waals surface area contributed by atoms with Gasteiger partial charge in [0.2, 0.25) is 0 Å². The zero-order valence-corrected chi connectivity index (χ0v) is 11.3. The maximum atomic E-state index is 3.75. The van der Waals surface area contributed by atoms with E-state index < -0.39 is 0 Å². The van der Waals surface area contributed by atoms with E-state index in [1.54, 1.807) is 0 Å². The number of nitrogens with one attached hydrogen (secondary N) is 1. The van der Waals surface area contributed by atoms with E-state index in [2.05, 4.69) is 35.9 Å². The fraction of sp³-hybridized carbons (Fsp3) is 1.00. The van der Waals surface area contributed by atoms with Crippen LogP contribution in [0.15, 0.2) is 0 Å². The van der Waals surface area contributed by atoms with E-state index in [1.165, 1.54) is 37.9 Å². The van der Waals surface area contributed by atoms with Crippen molar-refractivity contribution in [1.82, 2.24) is 10.2 Å². The molecule has 0 spiro atoms. The van der Waals surface area contributed by atoms with Crippen LogP contribution < -0.4 is 5.32 Å². The van der Waals surface area contributed by atoms with Gasteiger partial charge in [-0.2, -0.15) is 11.8 Å². The van der Waals surface area contributed by atoms with Crippen LogP contribution in [-0.2, 0) is 0 Å². The summed E-state index contributed by atoms with van der Waals surface area (Å²) < 4.78 is 0. The first-order valence-electron chi connectivity index (χ1n) is 6.83. The molecule has 1 N–H and O–H groups in total. The highest BCUT2D eigenvalue weighted by atomic mass is 32.2. The molecule has 0 saturated carbocycles. The fourth-order valence-electron chi connectivity index (χ4n) is 3.89. The predicted molar refractivity (Wildman–Crippen MR) is 71.1 cm³/mol. The SMILES string of the molecule is CC1SCCC1N(C)C1CC2CCC(C1)N2. The van der Waals surface area contributed by atoms with Gasteiger partial charge < -0.3 is 5.32 Å². The molecule has 0 aliphatic carbocycles. The van der Waals surface area contributed by atoms with Gasteiger partial charge in [0.25, 0.3) is 0 Å². The second-order valence-corrected chi connectivity index (χ2v) is 7.35. The maximum absolute atomic E-state index is 3.75. The molecule has 3 rings (SSSR count). The van der Waals surface area contributed by atoms with Crippen LogP contribution in [0.1, 0.15) is 39.0 Å². The zero-order chi connectivity index (χ0) is 11.1. The monoisotopic (exact) mass is 240 g/mol. The Labute approximate surface area is 104 Å². The Bertz CT molecular complexity index is 246. The molecular formula is C13H24N2S. The molecule has 4 atom stereocenters. The molecule has 3 saturated heterocycles. The van der Waals surface area contributed by atoms with Gasteiger partial charge in [0.1, 0.15) is 0 Å². The van der Waals surface area contributed by atoms with Crippen molar-refractivity contribution in [1.29, 1.82) is 0 Å². The van der Waals surface area contributed by atoms with Gasteiger partial charge >= 0.3 is 0 Å². The summed E-state index contributed by atoms with van der Waals surface area (Å²) >= 11 is 2.16. The normalized spacial score (nSPS) is 47.8. The number of fused-ring (bicyclic) bond motifs is 2. The molecule has 0 aromatic rings. The third-order valence-electron chi connectivity index (χ3n) is 4.88. The van der Waals surface area contributed by atoms with Gasteiger partial charge in [-0.1, -0.05) is 6.92 Å². The Morgan fingerprint density at radius 2 is 1.81 bits per heavy atom. The average molecular weight is 240 g/mol. The topological polar surface area (TPSA) is 15.3 Å². The molecule has 2 nitrogen and oxygen atoms in total. The Morgan fingerprint density at radius 3 is 2.38 bits per heavy atom. The first-order valence-corrected chi connectivity index (χ1v) is 7.88.